The molecule has 100 valence electrons. The average Bonchev–Trinajstić information content (AvgIpc) is 2.93. The molecule has 20 heavy (non-hydrogen) atoms. The molecule has 1 aliphatic rings. The molecular formula is C13H7N2O4S-. The maximum absolute atomic E-state index is 12.3. The smallest absolute Gasteiger partial charge is 0.268 e. The van der Waals surface area contributed by atoms with Crippen LogP contribution in [-0.4, -0.2) is 22.8 Å². The first-order chi connectivity index (χ1) is 9.49. The maximum atomic E-state index is 12.3. The van der Waals surface area contributed by atoms with E-state index >= 15 is 0 Å². The number of thiazole rings is 1. The number of aromatic nitrogens is 1. The highest BCUT2D eigenvalue weighted by atomic mass is 32.1. The normalized spacial score (nSPS) is 13.8. The lowest BCUT2D eigenvalue weighted by Gasteiger charge is -2.08. The molecule has 1 aromatic carbocycles. The minimum atomic E-state index is -1.39. The Morgan fingerprint density at radius 1 is 1.25 bits per heavy atom. The molecule has 0 fully saturated rings. The summed E-state index contributed by atoms with van der Waals surface area (Å²) in [5.41, 5.74) is 0.0967. The summed E-state index contributed by atoms with van der Waals surface area (Å²) in [4.78, 5) is 41.1. The third-order valence-electron chi connectivity index (χ3n) is 2.92. The van der Waals surface area contributed by atoms with Gasteiger partial charge in [-0.1, -0.05) is 6.07 Å². The molecule has 2 heterocycles. The molecule has 7 heteroatoms. The number of aryl methyl sites for hydroxylation is 1. The number of fused-ring (bicyclic) bond motifs is 1. The number of rotatable bonds is 2. The van der Waals surface area contributed by atoms with Gasteiger partial charge in [0.05, 0.1) is 17.1 Å². The molecule has 0 aliphatic carbocycles. The average molecular weight is 287 g/mol. The van der Waals surface area contributed by atoms with Gasteiger partial charge < -0.3 is 9.90 Å². The molecule has 0 saturated carbocycles. The molecule has 0 unspecified atom stereocenters. The summed E-state index contributed by atoms with van der Waals surface area (Å²) in [7, 11) is 0. The van der Waals surface area contributed by atoms with Gasteiger partial charge in [-0.2, -0.15) is 0 Å². The van der Waals surface area contributed by atoms with Gasteiger partial charge in [0.25, 0.3) is 11.8 Å². The quantitative estimate of drug-likeness (QED) is 0.755. The number of carbonyl (C=O) groups is 3. The minimum Gasteiger partial charge on any atom is -0.545 e. The standard InChI is InChI=1S/C13H8N2O4S/c1-6-5-14-13(20-6)15-10(16)8-3-2-7(12(18)19)4-9(8)11(15)17/h2-5H,1H3,(H,18,19)/p-1. The molecule has 0 N–H and O–H groups in total. The van der Waals surface area contributed by atoms with E-state index < -0.39 is 17.8 Å². The summed E-state index contributed by atoms with van der Waals surface area (Å²) < 4.78 is 0. The monoisotopic (exact) mass is 287 g/mol. The number of nitrogens with zero attached hydrogens (tertiary/aromatic N) is 2. The first kappa shape index (κ1) is 12.5. The van der Waals surface area contributed by atoms with Gasteiger partial charge in [0, 0.05) is 11.1 Å². The summed E-state index contributed by atoms with van der Waals surface area (Å²) in [6, 6.07) is 3.72. The Balaban J connectivity index is 2.10. The minimum absolute atomic E-state index is 0.0598. The van der Waals surface area contributed by atoms with Crippen molar-refractivity contribution in [2.24, 2.45) is 0 Å². The van der Waals surface area contributed by atoms with Crippen LogP contribution in [0, 0.1) is 6.92 Å². The first-order valence-corrected chi connectivity index (χ1v) is 6.47. The fourth-order valence-electron chi connectivity index (χ4n) is 1.99. The van der Waals surface area contributed by atoms with Crippen molar-refractivity contribution in [1.29, 1.82) is 0 Å². The lowest BCUT2D eigenvalue weighted by atomic mass is 10.1. The third-order valence-corrected chi connectivity index (χ3v) is 3.82. The Bertz CT molecular complexity index is 765. The molecule has 0 saturated heterocycles. The molecule has 1 aromatic heterocycles. The van der Waals surface area contributed by atoms with Crippen molar-refractivity contribution >= 4 is 34.3 Å². The van der Waals surface area contributed by atoms with E-state index in [1.807, 2.05) is 6.92 Å². The van der Waals surface area contributed by atoms with Gasteiger partial charge >= 0.3 is 0 Å². The van der Waals surface area contributed by atoms with E-state index in [0.29, 0.717) is 0 Å². The number of aromatic carboxylic acids is 1. The number of amides is 2. The van der Waals surface area contributed by atoms with Crippen LogP contribution in [-0.2, 0) is 0 Å². The topological polar surface area (TPSA) is 90.4 Å². The van der Waals surface area contributed by atoms with Crippen LogP contribution in [0.15, 0.2) is 24.4 Å². The Hall–Kier alpha value is -2.54. The van der Waals surface area contributed by atoms with Crippen LogP contribution in [0.3, 0.4) is 0 Å². The lowest BCUT2D eigenvalue weighted by molar-refractivity contribution is -0.255. The van der Waals surface area contributed by atoms with Crippen LogP contribution in [0.1, 0.15) is 36.0 Å². The summed E-state index contributed by atoms with van der Waals surface area (Å²) in [6.07, 6.45) is 1.57. The highest BCUT2D eigenvalue weighted by Crippen LogP contribution is 2.31. The van der Waals surface area contributed by atoms with Crippen molar-refractivity contribution in [2.75, 3.05) is 4.90 Å². The number of benzene rings is 1. The lowest BCUT2D eigenvalue weighted by Crippen LogP contribution is -2.29. The van der Waals surface area contributed by atoms with E-state index in [2.05, 4.69) is 4.98 Å². The molecule has 0 bridgehead atoms. The van der Waals surface area contributed by atoms with Gasteiger partial charge in [-0.15, -0.1) is 11.3 Å². The molecule has 1 aliphatic heterocycles. The van der Waals surface area contributed by atoms with Gasteiger partial charge in [0.15, 0.2) is 5.13 Å². The number of carboxylic acid groups (broad SMARTS) is 1. The van der Waals surface area contributed by atoms with Gasteiger partial charge in [0.2, 0.25) is 0 Å². The molecule has 3 rings (SSSR count). The van der Waals surface area contributed by atoms with Gasteiger partial charge in [0.1, 0.15) is 0 Å². The zero-order valence-electron chi connectivity index (χ0n) is 10.2. The van der Waals surface area contributed by atoms with E-state index in [1.165, 1.54) is 23.5 Å². The molecule has 0 radical (unpaired) electrons. The van der Waals surface area contributed by atoms with Crippen molar-refractivity contribution in [3.8, 4) is 0 Å². The van der Waals surface area contributed by atoms with E-state index in [-0.39, 0.29) is 21.8 Å². The van der Waals surface area contributed by atoms with Crippen molar-refractivity contribution < 1.29 is 19.5 Å². The molecule has 0 spiro atoms. The molecule has 2 amide bonds. The number of imide groups is 1. The molecule has 0 atom stereocenters. The molecular weight excluding hydrogens is 280 g/mol. The Morgan fingerprint density at radius 2 is 1.95 bits per heavy atom. The Labute approximate surface area is 117 Å². The van der Waals surface area contributed by atoms with Gasteiger partial charge in [-0.3, -0.25) is 9.59 Å². The zero-order valence-corrected chi connectivity index (χ0v) is 11.1. The van der Waals surface area contributed by atoms with Crippen LogP contribution in [0.25, 0.3) is 0 Å². The third kappa shape index (κ3) is 1.71. The second-order valence-corrected chi connectivity index (χ2v) is 5.46. The van der Waals surface area contributed by atoms with E-state index in [0.717, 1.165) is 15.8 Å². The van der Waals surface area contributed by atoms with Crippen molar-refractivity contribution in [2.45, 2.75) is 6.92 Å². The summed E-state index contributed by atoms with van der Waals surface area (Å²) in [5, 5.41) is 11.1. The van der Waals surface area contributed by atoms with E-state index in [9.17, 15) is 19.5 Å². The van der Waals surface area contributed by atoms with Crippen LogP contribution < -0.4 is 10.0 Å². The first-order valence-electron chi connectivity index (χ1n) is 5.65. The second kappa shape index (κ2) is 4.24. The highest BCUT2D eigenvalue weighted by Gasteiger charge is 2.38. The van der Waals surface area contributed by atoms with E-state index in [4.69, 9.17) is 0 Å². The van der Waals surface area contributed by atoms with Crippen molar-refractivity contribution in [3.05, 3.63) is 46.0 Å². The summed E-state index contributed by atoms with van der Waals surface area (Å²) in [6.45, 7) is 1.81. The zero-order chi connectivity index (χ0) is 14.4. The number of carboxylic acids is 1. The molecule has 2 aromatic rings. The van der Waals surface area contributed by atoms with Crippen LogP contribution in [0.5, 0.6) is 0 Å². The number of carbonyl (C=O) groups excluding carboxylic acids is 3. The molecule has 6 nitrogen and oxygen atoms in total. The number of hydrogen-bond acceptors (Lipinski definition) is 6. The highest BCUT2D eigenvalue weighted by molar-refractivity contribution is 7.16. The van der Waals surface area contributed by atoms with E-state index in [1.54, 1.807) is 6.20 Å². The van der Waals surface area contributed by atoms with Crippen LogP contribution in [0.2, 0.25) is 0 Å². The van der Waals surface area contributed by atoms with Gasteiger partial charge in [-0.05, 0) is 24.6 Å². The number of anilines is 1. The van der Waals surface area contributed by atoms with Crippen molar-refractivity contribution in [3.63, 3.8) is 0 Å². The van der Waals surface area contributed by atoms with Crippen LogP contribution in [0.4, 0.5) is 5.13 Å². The number of hydrogen-bond donors (Lipinski definition) is 0. The Kier molecular flexibility index (Phi) is 2.65. The van der Waals surface area contributed by atoms with Crippen LogP contribution >= 0.6 is 11.3 Å². The maximum Gasteiger partial charge on any atom is 0.268 e. The van der Waals surface area contributed by atoms with Gasteiger partial charge in [-0.25, -0.2) is 9.88 Å². The summed E-state index contributed by atoms with van der Waals surface area (Å²) >= 11 is 1.22. The fraction of sp³-hybridized carbons (Fsp3) is 0.0769. The summed E-state index contributed by atoms with van der Waals surface area (Å²) in [5.74, 6) is -2.46. The Morgan fingerprint density at radius 3 is 2.55 bits per heavy atom. The predicted molar refractivity (Wildman–Crippen MR) is 68.8 cm³/mol. The SMILES string of the molecule is Cc1cnc(N2C(=O)c3ccc(C(=O)[O-])cc3C2=O)s1. The fourth-order valence-corrected chi connectivity index (χ4v) is 2.74. The second-order valence-electron chi connectivity index (χ2n) is 4.25. The predicted octanol–water partition coefficient (Wildman–Crippen LogP) is 0.616. The van der Waals surface area contributed by atoms with Crippen molar-refractivity contribution in [1.82, 2.24) is 4.98 Å². The largest absolute Gasteiger partial charge is 0.545 e.